The molecule has 0 amide bonds. The van der Waals surface area contributed by atoms with Crippen LogP contribution in [-0.2, 0) is 15.6 Å². The molecule has 0 saturated carbocycles. The largest absolute Gasteiger partial charge is 0.316 e. The molecule has 1 aromatic carbocycles. The van der Waals surface area contributed by atoms with Gasteiger partial charge in [0.15, 0.2) is 9.84 Å². The Morgan fingerprint density at radius 2 is 1.83 bits per heavy atom. The number of benzene rings is 1. The minimum Gasteiger partial charge on any atom is -0.316 e. The summed E-state index contributed by atoms with van der Waals surface area (Å²) in [6.45, 7) is 5.95. The molecule has 0 spiro atoms. The van der Waals surface area contributed by atoms with E-state index in [0.717, 1.165) is 18.7 Å². The second kappa shape index (κ2) is 5.41. The maximum Gasteiger partial charge on any atom is 0.154 e. The molecule has 0 atom stereocenters. The summed E-state index contributed by atoms with van der Waals surface area (Å²) < 4.78 is 24.0. The van der Waals surface area contributed by atoms with Crippen LogP contribution in [-0.4, -0.2) is 27.3 Å². The van der Waals surface area contributed by atoms with Crippen LogP contribution in [0.15, 0.2) is 24.3 Å². The zero-order valence-electron chi connectivity index (χ0n) is 11.0. The maximum absolute atomic E-state index is 12.0. The summed E-state index contributed by atoms with van der Waals surface area (Å²) in [5, 5.41) is 3.10. The zero-order valence-corrected chi connectivity index (χ0v) is 11.8. The van der Waals surface area contributed by atoms with Crippen LogP contribution >= 0.6 is 0 Å². The van der Waals surface area contributed by atoms with Gasteiger partial charge in [-0.2, -0.15) is 0 Å². The molecule has 0 bridgehead atoms. The van der Waals surface area contributed by atoms with E-state index in [0.29, 0.717) is 17.6 Å². The van der Waals surface area contributed by atoms with Crippen molar-refractivity contribution in [3.63, 3.8) is 0 Å². The second-order valence-electron chi connectivity index (χ2n) is 5.48. The van der Waals surface area contributed by atoms with E-state index in [-0.39, 0.29) is 5.75 Å². The molecule has 4 heteroatoms. The fourth-order valence-electron chi connectivity index (χ4n) is 2.14. The maximum atomic E-state index is 12.0. The third-order valence-electron chi connectivity index (χ3n) is 3.39. The summed E-state index contributed by atoms with van der Waals surface area (Å²) in [4.78, 5) is 0. The Bertz CT molecular complexity index is 487. The van der Waals surface area contributed by atoms with Crippen LogP contribution in [0, 0.1) is 5.92 Å². The Balaban J connectivity index is 1.99. The molecule has 18 heavy (non-hydrogen) atoms. The first kappa shape index (κ1) is 13.6. The molecule has 100 valence electrons. The Morgan fingerprint density at radius 1 is 1.22 bits per heavy atom. The van der Waals surface area contributed by atoms with E-state index >= 15 is 0 Å². The van der Waals surface area contributed by atoms with Gasteiger partial charge in [-0.1, -0.05) is 38.1 Å². The van der Waals surface area contributed by atoms with Crippen LogP contribution in [0.2, 0.25) is 0 Å². The molecule has 1 fully saturated rings. The van der Waals surface area contributed by atoms with Crippen molar-refractivity contribution >= 4 is 9.84 Å². The van der Waals surface area contributed by atoms with Crippen molar-refractivity contribution in [3.05, 3.63) is 35.4 Å². The highest BCUT2D eigenvalue weighted by atomic mass is 32.2. The molecule has 2 rings (SSSR count). The van der Waals surface area contributed by atoms with Crippen LogP contribution in [0.1, 0.15) is 30.9 Å². The van der Waals surface area contributed by atoms with E-state index in [1.165, 1.54) is 5.56 Å². The van der Waals surface area contributed by atoms with E-state index in [2.05, 4.69) is 19.2 Å². The van der Waals surface area contributed by atoms with Crippen molar-refractivity contribution in [3.8, 4) is 0 Å². The summed E-state index contributed by atoms with van der Waals surface area (Å²) in [6.07, 6.45) is 0. The van der Waals surface area contributed by atoms with Crippen LogP contribution in [0.5, 0.6) is 0 Å². The van der Waals surface area contributed by atoms with Gasteiger partial charge in [0.25, 0.3) is 0 Å². The van der Waals surface area contributed by atoms with Gasteiger partial charge in [-0.05, 0) is 23.0 Å². The molecule has 0 radical (unpaired) electrons. The molecular formula is C14H21NO2S. The van der Waals surface area contributed by atoms with Crippen molar-refractivity contribution in [1.29, 1.82) is 0 Å². The van der Waals surface area contributed by atoms with Crippen molar-refractivity contribution in [2.45, 2.75) is 25.5 Å². The summed E-state index contributed by atoms with van der Waals surface area (Å²) in [5.74, 6) is 1.27. The number of nitrogens with one attached hydrogen (secondary N) is 1. The summed E-state index contributed by atoms with van der Waals surface area (Å²) in [6, 6.07) is 7.93. The lowest BCUT2D eigenvalue weighted by Crippen LogP contribution is -2.45. The van der Waals surface area contributed by atoms with Gasteiger partial charge >= 0.3 is 0 Å². The third kappa shape index (κ3) is 3.56. The number of hydrogen-bond donors (Lipinski definition) is 1. The Morgan fingerprint density at radius 3 is 2.28 bits per heavy atom. The minimum absolute atomic E-state index is 0.169. The quantitative estimate of drug-likeness (QED) is 0.887. The summed E-state index contributed by atoms with van der Waals surface area (Å²) in [7, 11) is -2.97. The highest BCUT2D eigenvalue weighted by molar-refractivity contribution is 7.90. The molecule has 1 aliphatic heterocycles. The van der Waals surface area contributed by atoms with E-state index in [1.54, 1.807) is 0 Å². The molecule has 0 unspecified atom stereocenters. The number of hydrogen-bond acceptors (Lipinski definition) is 3. The first-order chi connectivity index (χ1) is 8.46. The van der Waals surface area contributed by atoms with Crippen LogP contribution in [0.3, 0.4) is 0 Å². The third-order valence-corrected chi connectivity index (χ3v) is 5.14. The topological polar surface area (TPSA) is 46.2 Å². The van der Waals surface area contributed by atoms with Crippen molar-refractivity contribution < 1.29 is 8.42 Å². The van der Waals surface area contributed by atoms with Crippen LogP contribution < -0.4 is 5.32 Å². The first-order valence-electron chi connectivity index (χ1n) is 6.46. The average Bonchev–Trinajstić information content (AvgIpc) is 2.24. The van der Waals surface area contributed by atoms with Gasteiger partial charge in [0, 0.05) is 13.1 Å². The molecule has 0 aromatic heterocycles. The lowest BCUT2D eigenvalue weighted by atomic mass is 10.0. The highest BCUT2D eigenvalue weighted by Gasteiger charge is 2.24. The van der Waals surface area contributed by atoms with E-state index < -0.39 is 9.84 Å². The average molecular weight is 267 g/mol. The predicted molar refractivity (Wildman–Crippen MR) is 74.4 cm³/mol. The van der Waals surface area contributed by atoms with Crippen molar-refractivity contribution in [2.75, 3.05) is 18.8 Å². The van der Waals surface area contributed by atoms with E-state index in [1.807, 2.05) is 24.3 Å². The Hall–Kier alpha value is -0.870. The minimum atomic E-state index is -2.97. The molecule has 3 nitrogen and oxygen atoms in total. The normalized spacial score (nSPS) is 16.8. The molecule has 1 N–H and O–H groups in total. The standard InChI is InChI=1S/C14H21NO2S/c1-11(2)14-5-3-12(4-6-14)9-18(16,17)10-13-7-15-8-13/h3-6,11,13,15H,7-10H2,1-2H3. The zero-order chi connectivity index (χ0) is 13.2. The molecule has 1 aromatic rings. The van der Waals surface area contributed by atoms with Crippen molar-refractivity contribution in [1.82, 2.24) is 5.32 Å². The van der Waals surface area contributed by atoms with Crippen LogP contribution in [0.4, 0.5) is 0 Å². The number of rotatable bonds is 5. The molecule has 1 heterocycles. The Kier molecular flexibility index (Phi) is 4.07. The number of sulfone groups is 1. The summed E-state index contributed by atoms with van der Waals surface area (Å²) in [5.41, 5.74) is 2.14. The lowest BCUT2D eigenvalue weighted by molar-refractivity contribution is 0.378. The van der Waals surface area contributed by atoms with Gasteiger partial charge in [0.1, 0.15) is 0 Å². The molecule has 1 aliphatic rings. The monoisotopic (exact) mass is 267 g/mol. The molecule has 0 aliphatic carbocycles. The fourth-order valence-corrected chi connectivity index (χ4v) is 3.91. The molecule has 1 saturated heterocycles. The van der Waals surface area contributed by atoms with Gasteiger partial charge in [0.2, 0.25) is 0 Å². The first-order valence-corrected chi connectivity index (χ1v) is 8.28. The van der Waals surface area contributed by atoms with E-state index in [4.69, 9.17) is 0 Å². The SMILES string of the molecule is CC(C)c1ccc(CS(=O)(=O)CC2CNC2)cc1. The summed E-state index contributed by atoms with van der Waals surface area (Å²) >= 11 is 0. The van der Waals surface area contributed by atoms with Gasteiger partial charge in [-0.15, -0.1) is 0 Å². The Labute approximate surface area is 110 Å². The van der Waals surface area contributed by atoms with Crippen molar-refractivity contribution in [2.24, 2.45) is 5.92 Å². The van der Waals surface area contributed by atoms with Gasteiger partial charge in [-0.25, -0.2) is 8.42 Å². The fraction of sp³-hybridized carbons (Fsp3) is 0.571. The van der Waals surface area contributed by atoms with Gasteiger partial charge in [0.05, 0.1) is 11.5 Å². The predicted octanol–water partition coefficient (Wildman–Crippen LogP) is 1.94. The molecular weight excluding hydrogens is 246 g/mol. The highest BCUT2D eigenvalue weighted by Crippen LogP contribution is 2.17. The van der Waals surface area contributed by atoms with Crippen LogP contribution in [0.25, 0.3) is 0 Å². The van der Waals surface area contributed by atoms with Gasteiger partial charge < -0.3 is 5.32 Å². The smallest absolute Gasteiger partial charge is 0.154 e. The second-order valence-corrected chi connectivity index (χ2v) is 7.58. The van der Waals surface area contributed by atoms with Gasteiger partial charge in [-0.3, -0.25) is 0 Å². The van der Waals surface area contributed by atoms with E-state index in [9.17, 15) is 8.42 Å². The lowest BCUT2D eigenvalue weighted by Gasteiger charge is -2.26.